The van der Waals surface area contributed by atoms with Gasteiger partial charge in [0.25, 0.3) is 11.8 Å². The molecule has 5 nitrogen and oxygen atoms in total. The molecule has 0 fully saturated rings. The second kappa shape index (κ2) is 7.19. The van der Waals surface area contributed by atoms with Crippen molar-refractivity contribution in [1.29, 1.82) is 0 Å². The van der Waals surface area contributed by atoms with Gasteiger partial charge >= 0.3 is 0 Å². The molecule has 1 heterocycles. The lowest BCUT2D eigenvalue weighted by atomic mass is 10.1. The average molecular weight is 413 g/mol. The Kier molecular flexibility index (Phi) is 5.14. The highest BCUT2D eigenvalue weighted by molar-refractivity contribution is 6.60. The van der Waals surface area contributed by atoms with E-state index in [1.54, 1.807) is 24.3 Å². The lowest BCUT2D eigenvalue weighted by Gasteiger charge is -2.17. The fraction of sp³-hybridized carbons (Fsp3) is 0.111. The van der Waals surface area contributed by atoms with Crippen LogP contribution in [0.5, 0.6) is 11.5 Å². The second-order valence-electron chi connectivity index (χ2n) is 5.30. The quantitative estimate of drug-likeness (QED) is 0.692. The standard InChI is InChI=1S/C18H12Cl3NO4/c1-25-13-6-4-10(8-14(13)26-2)22-17(23)15(16(21)18(22)24)11-5-3-9(19)7-12(11)20/h3-8H,1-2H3. The molecule has 2 aromatic rings. The van der Waals surface area contributed by atoms with Crippen molar-refractivity contribution in [2.45, 2.75) is 0 Å². The summed E-state index contributed by atoms with van der Waals surface area (Å²) in [6.45, 7) is 0. The molecular formula is C18H12Cl3NO4. The van der Waals surface area contributed by atoms with Crippen LogP contribution in [-0.2, 0) is 9.59 Å². The van der Waals surface area contributed by atoms with Crippen LogP contribution in [0.2, 0.25) is 10.0 Å². The summed E-state index contributed by atoms with van der Waals surface area (Å²) in [5.41, 5.74) is 0.659. The van der Waals surface area contributed by atoms with Gasteiger partial charge in [-0.05, 0) is 24.3 Å². The van der Waals surface area contributed by atoms with E-state index in [-0.39, 0.29) is 15.6 Å². The third kappa shape index (κ3) is 3.03. The van der Waals surface area contributed by atoms with Gasteiger partial charge in [-0.2, -0.15) is 0 Å². The van der Waals surface area contributed by atoms with E-state index in [1.165, 1.54) is 26.4 Å². The van der Waals surface area contributed by atoms with Crippen molar-refractivity contribution in [3.05, 3.63) is 57.0 Å². The van der Waals surface area contributed by atoms with Gasteiger partial charge in [-0.25, -0.2) is 4.90 Å². The third-order valence-electron chi connectivity index (χ3n) is 3.85. The highest BCUT2D eigenvalue weighted by atomic mass is 35.5. The Labute approximate surface area is 164 Å². The van der Waals surface area contributed by atoms with Gasteiger partial charge in [0.05, 0.1) is 30.5 Å². The van der Waals surface area contributed by atoms with Gasteiger partial charge in [-0.15, -0.1) is 0 Å². The number of amides is 2. The molecule has 2 aromatic carbocycles. The smallest absolute Gasteiger partial charge is 0.277 e. The minimum Gasteiger partial charge on any atom is -0.493 e. The van der Waals surface area contributed by atoms with Crippen LogP contribution in [0.25, 0.3) is 5.57 Å². The summed E-state index contributed by atoms with van der Waals surface area (Å²) in [6, 6.07) is 9.27. The van der Waals surface area contributed by atoms with Crippen LogP contribution in [0.15, 0.2) is 41.4 Å². The van der Waals surface area contributed by atoms with Gasteiger partial charge in [0.15, 0.2) is 11.5 Å². The van der Waals surface area contributed by atoms with E-state index in [4.69, 9.17) is 44.3 Å². The van der Waals surface area contributed by atoms with Crippen molar-refractivity contribution in [3.8, 4) is 11.5 Å². The first-order chi connectivity index (χ1) is 12.4. The number of methoxy groups -OCH3 is 2. The van der Waals surface area contributed by atoms with Crippen molar-refractivity contribution in [3.63, 3.8) is 0 Å². The molecule has 26 heavy (non-hydrogen) atoms. The molecule has 1 aliphatic rings. The number of hydrogen-bond donors (Lipinski definition) is 0. The first-order valence-corrected chi connectivity index (χ1v) is 8.48. The molecule has 8 heteroatoms. The Balaban J connectivity index is 2.06. The molecule has 1 aliphatic heterocycles. The molecule has 134 valence electrons. The van der Waals surface area contributed by atoms with Crippen LogP contribution < -0.4 is 14.4 Å². The van der Waals surface area contributed by atoms with Crippen LogP contribution >= 0.6 is 34.8 Å². The highest BCUT2D eigenvalue weighted by Crippen LogP contribution is 2.40. The Hall–Kier alpha value is -2.21. The van der Waals surface area contributed by atoms with Gasteiger partial charge in [0.2, 0.25) is 0 Å². The second-order valence-corrected chi connectivity index (χ2v) is 6.52. The maximum absolute atomic E-state index is 12.9. The van der Waals surface area contributed by atoms with Crippen LogP contribution in [0.4, 0.5) is 5.69 Å². The van der Waals surface area contributed by atoms with Gasteiger partial charge in [0.1, 0.15) is 5.03 Å². The van der Waals surface area contributed by atoms with Crippen molar-refractivity contribution in [1.82, 2.24) is 0 Å². The number of carbonyl (C=O) groups is 2. The average Bonchev–Trinajstić information content (AvgIpc) is 2.84. The summed E-state index contributed by atoms with van der Waals surface area (Å²) in [4.78, 5) is 26.5. The molecular weight excluding hydrogens is 401 g/mol. The minimum atomic E-state index is -0.648. The van der Waals surface area contributed by atoms with E-state index in [0.717, 1.165) is 4.90 Å². The maximum atomic E-state index is 12.9. The normalized spacial score (nSPS) is 14.3. The lowest BCUT2D eigenvalue weighted by molar-refractivity contribution is -0.119. The summed E-state index contributed by atoms with van der Waals surface area (Å²) >= 11 is 18.2. The molecule has 0 unspecified atom stereocenters. The summed E-state index contributed by atoms with van der Waals surface area (Å²) in [7, 11) is 2.95. The number of benzene rings is 2. The maximum Gasteiger partial charge on any atom is 0.277 e. The Morgan fingerprint density at radius 1 is 0.846 bits per heavy atom. The summed E-state index contributed by atoms with van der Waals surface area (Å²) in [6.07, 6.45) is 0. The number of nitrogens with zero attached hydrogens (tertiary/aromatic N) is 1. The molecule has 2 amide bonds. The van der Waals surface area contributed by atoms with E-state index in [1.807, 2.05) is 0 Å². The van der Waals surface area contributed by atoms with E-state index < -0.39 is 11.8 Å². The molecule has 0 saturated heterocycles. The molecule has 3 rings (SSSR count). The lowest BCUT2D eigenvalue weighted by Crippen LogP contribution is -2.31. The fourth-order valence-corrected chi connectivity index (χ4v) is 3.40. The number of imide groups is 1. The van der Waals surface area contributed by atoms with E-state index in [9.17, 15) is 9.59 Å². The number of anilines is 1. The van der Waals surface area contributed by atoms with E-state index in [2.05, 4.69) is 0 Å². The van der Waals surface area contributed by atoms with Gasteiger partial charge < -0.3 is 9.47 Å². The van der Waals surface area contributed by atoms with Crippen LogP contribution in [-0.4, -0.2) is 26.0 Å². The molecule has 0 atom stereocenters. The highest BCUT2D eigenvalue weighted by Gasteiger charge is 2.40. The van der Waals surface area contributed by atoms with E-state index in [0.29, 0.717) is 27.8 Å². The number of carbonyl (C=O) groups excluding carboxylic acids is 2. The third-order valence-corrected chi connectivity index (χ3v) is 4.75. The predicted octanol–water partition coefficient (Wildman–Crippen LogP) is 4.53. The first-order valence-electron chi connectivity index (χ1n) is 7.35. The Bertz CT molecular complexity index is 955. The fourth-order valence-electron chi connectivity index (χ4n) is 2.63. The summed E-state index contributed by atoms with van der Waals surface area (Å²) < 4.78 is 10.4. The molecule has 0 bridgehead atoms. The summed E-state index contributed by atoms with van der Waals surface area (Å²) in [5.74, 6) is -0.392. The van der Waals surface area contributed by atoms with Crippen LogP contribution in [0, 0.1) is 0 Å². The zero-order valence-electron chi connectivity index (χ0n) is 13.7. The monoisotopic (exact) mass is 411 g/mol. The first kappa shape index (κ1) is 18.6. The van der Waals surface area contributed by atoms with Crippen molar-refractivity contribution in [2.24, 2.45) is 0 Å². The number of rotatable bonds is 4. The van der Waals surface area contributed by atoms with Crippen molar-refractivity contribution < 1.29 is 19.1 Å². The van der Waals surface area contributed by atoms with Crippen LogP contribution in [0.3, 0.4) is 0 Å². The zero-order chi connectivity index (χ0) is 19.0. The zero-order valence-corrected chi connectivity index (χ0v) is 15.9. The number of ether oxygens (including phenoxy) is 2. The van der Waals surface area contributed by atoms with Gasteiger partial charge in [-0.1, -0.05) is 40.9 Å². The molecule has 0 aromatic heterocycles. The SMILES string of the molecule is COc1ccc(N2C(=O)C(Cl)=C(c3ccc(Cl)cc3Cl)C2=O)cc1OC. The Morgan fingerprint density at radius 2 is 1.54 bits per heavy atom. The topological polar surface area (TPSA) is 55.8 Å². The molecule has 0 radical (unpaired) electrons. The number of hydrogen-bond acceptors (Lipinski definition) is 4. The van der Waals surface area contributed by atoms with Crippen LogP contribution in [0.1, 0.15) is 5.56 Å². The Morgan fingerprint density at radius 3 is 2.15 bits per heavy atom. The van der Waals surface area contributed by atoms with E-state index >= 15 is 0 Å². The van der Waals surface area contributed by atoms with Gasteiger partial charge in [0, 0.05) is 16.7 Å². The van der Waals surface area contributed by atoms with Gasteiger partial charge in [-0.3, -0.25) is 9.59 Å². The molecule has 0 aliphatic carbocycles. The molecule has 0 spiro atoms. The largest absolute Gasteiger partial charge is 0.493 e. The minimum absolute atomic E-state index is 0.0214. The number of halogens is 3. The van der Waals surface area contributed by atoms with Crippen molar-refractivity contribution in [2.75, 3.05) is 19.1 Å². The molecule has 0 saturated carbocycles. The molecule has 0 N–H and O–H groups in total. The summed E-state index contributed by atoms with van der Waals surface area (Å²) in [5, 5.41) is 0.416. The van der Waals surface area contributed by atoms with Crippen molar-refractivity contribution >= 4 is 57.9 Å². The predicted molar refractivity (Wildman–Crippen MR) is 101 cm³/mol.